The van der Waals surface area contributed by atoms with Crippen LogP contribution in [0.3, 0.4) is 0 Å². The molecule has 104 valence electrons. The molecule has 3 N–H and O–H groups in total. The molecule has 0 saturated carbocycles. The van der Waals surface area contributed by atoms with Gasteiger partial charge in [-0.15, -0.1) is 0 Å². The van der Waals surface area contributed by atoms with Gasteiger partial charge < -0.3 is 20.7 Å². The lowest BCUT2D eigenvalue weighted by Gasteiger charge is -2.39. The van der Waals surface area contributed by atoms with Gasteiger partial charge in [-0.2, -0.15) is 0 Å². The lowest BCUT2D eigenvalue weighted by molar-refractivity contribution is -0.123. The van der Waals surface area contributed by atoms with Gasteiger partial charge in [0.05, 0.1) is 7.11 Å². The van der Waals surface area contributed by atoms with Crippen molar-refractivity contribution in [3.8, 4) is 5.75 Å². The van der Waals surface area contributed by atoms with Gasteiger partial charge in [-0.1, -0.05) is 6.07 Å². The van der Waals surface area contributed by atoms with Gasteiger partial charge >= 0.3 is 0 Å². The molecule has 1 fully saturated rings. The highest BCUT2D eigenvalue weighted by atomic mass is 16.5. The highest BCUT2D eigenvalue weighted by Gasteiger charge is 2.39. The number of hydrogen-bond donors (Lipinski definition) is 2. The minimum atomic E-state index is -0.654. The summed E-state index contributed by atoms with van der Waals surface area (Å²) in [5, 5.41) is 3.31. The fraction of sp³-hybridized carbons (Fsp3) is 0.500. The summed E-state index contributed by atoms with van der Waals surface area (Å²) in [6.45, 7) is 1.72. The zero-order valence-corrected chi connectivity index (χ0v) is 11.5. The topological polar surface area (TPSA) is 67.6 Å². The Kier molecular flexibility index (Phi) is 3.95. The van der Waals surface area contributed by atoms with Crippen LogP contribution in [0.1, 0.15) is 12.8 Å². The molecule has 1 heterocycles. The first-order valence-electron chi connectivity index (χ1n) is 6.46. The highest BCUT2D eigenvalue weighted by molar-refractivity contribution is 5.88. The Labute approximate surface area is 113 Å². The number of primary amides is 1. The van der Waals surface area contributed by atoms with Gasteiger partial charge in [-0.3, -0.25) is 4.79 Å². The summed E-state index contributed by atoms with van der Waals surface area (Å²) in [5.41, 5.74) is 5.82. The lowest BCUT2D eigenvalue weighted by Crippen LogP contribution is -2.56. The van der Waals surface area contributed by atoms with Crippen LogP contribution in [0.25, 0.3) is 0 Å². The average molecular weight is 263 g/mol. The number of piperidine rings is 1. The number of ether oxygens (including phenoxy) is 1. The molecule has 19 heavy (non-hydrogen) atoms. The van der Waals surface area contributed by atoms with E-state index in [1.165, 1.54) is 0 Å². The van der Waals surface area contributed by atoms with Crippen molar-refractivity contribution in [2.75, 3.05) is 32.6 Å². The van der Waals surface area contributed by atoms with E-state index in [1.54, 1.807) is 7.11 Å². The number of amides is 1. The molecule has 1 amide bonds. The predicted octanol–water partition coefficient (Wildman–Crippen LogP) is 1.06. The highest BCUT2D eigenvalue weighted by Crippen LogP contribution is 2.28. The van der Waals surface area contributed by atoms with Crippen molar-refractivity contribution in [3.63, 3.8) is 0 Å². The molecule has 5 nitrogen and oxygen atoms in total. The first-order valence-corrected chi connectivity index (χ1v) is 6.46. The molecule has 0 radical (unpaired) electrons. The number of likely N-dealkylation sites (tertiary alicyclic amines) is 1. The smallest absolute Gasteiger partial charge is 0.243 e. The van der Waals surface area contributed by atoms with Crippen LogP contribution in [0.4, 0.5) is 5.69 Å². The van der Waals surface area contributed by atoms with Gasteiger partial charge in [0.2, 0.25) is 5.91 Å². The SMILES string of the molecule is COc1cccc(NC2(C(N)=O)CCN(C)CC2)c1. The van der Waals surface area contributed by atoms with Gasteiger partial charge in [-0.05, 0) is 32.0 Å². The molecule has 0 aliphatic carbocycles. The molecule has 0 aromatic heterocycles. The van der Waals surface area contributed by atoms with Crippen LogP contribution in [0.2, 0.25) is 0 Å². The molecule has 1 aromatic carbocycles. The number of carbonyl (C=O) groups excluding carboxylic acids is 1. The zero-order chi connectivity index (χ0) is 13.9. The second kappa shape index (κ2) is 5.48. The second-order valence-corrected chi connectivity index (χ2v) is 5.11. The van der Waals surface area contributed by atoms with Crippen molar-refractivity contribution >= 4 is 11.6 Å². The van der Waals surface area contributed by atoms with Crippen molar-refractivity contribution in [1.29, 1.82) is 0 Å². The maximum Gasteiger partial charge on any atom is 0.243 e. The Bertz CT molecular complexity index is 454. The summed E-state index contributed by atoms with van der Waals surface area (Å²) in [7, 11) is 3.68. The van der Waals surface area contributed by atoms with Crippen LogP contribution in [-0.4, -0.2) is 43.6 Å². The summed E-state index contributed by atoms with van der Waals surface area (Å²) in [6, 6.07) is 7.57. The van der Waals surface area contributed by atoms with Gasteiger partial charge in [0.15, 0.2) is 0 Å². The van der Waals surface area contributed by atoms with Gasteiger partial charge in [0.25, 0.3) is 0 Å². The lowest BCUT2D eigenvalue weighted by atomic mass is 9.86. The van der Waals surface area contributed by atoms with Crippen molar-refractivity contribution < 1.29 is 9.53 Å². The maximum absolute atomic E-state index is 11.9. The first kappa shape index (κ1) is 13.7. The number of nitrogens with one attached hydrogen (secondary N) is 1. The third-order valence-corrected chi connectivity index (χ3v) is 3.77. The van der Waals surface area contributed by atoms with E-state index in [1.807, 2.05) is 24.3 Å². The number of benzene rings is 1. The summed E-state index contributed by atoms with van der Waals surface area (Å²) in [6.07, 6.45) is 1.44. The van der Waals surface area contributed by atoms with E-state index in [0.717, 1.165) is 37.4 Å². The number of rotatable bonds is 4. The summed E-state index contributed by atoms with van der Waals surface area (Å²) in [5.74, 6) is 0.473. The van der Waals surface area contributed by atoms with Crippen molar-refractivity contribution in [1.82, 2.24) is 4.90 Å². The third kappa shape index (κ3) is 2.98. The van der Waals surface area contributed by atoms with E-state index in [2.05, 4.69) is 17.3 Å². The Balaban J connectivity index is 2.19. The van der Waals surface area contributed by atoms with Gasteiger partial charge in [0.1, 0.15) is 11.3 Å². The molecule has 0 spiro atoms. The number of nitrogens with zero attached hydrogens (tertiary/aromatic N) is 1. The van der Waals surface area contributed by atoms with E-state index < -0.39 is 5.54 Å². The van der Waals surface area contributed by atoms with Crippen LogP contribution in [0.15, 0.2) is 24.3 Å². The molecule has 1 aliphatic rings. The number of methoxy groups -OCH3 is 1. The fourth-order valence-electron chi connectivity index (χ4n) is 2.41. The quantitative estimate of drug-likeness (QED) is 0.852. The van der Waals surface area contributed by atoms with Crippen LogP contribution < -0.4 is 15.8 Å². The fourth-order valence-corrected chi connectivity index (χ4v) is 2.41. The number of anilines is 1. The summed E-state index contributed by atoms with van der Waals surface area (Å²) < 4.78 is 5.19. The third-order valence-electron chi connectivity index (χ3n) is 3.77. The first-order chi connectivity index (χ1) is 9.05. The van der Waals surface area contributed by atoms with E-state index in [4.69, 9.17) is 10.5 Å². The number of hydrogen-bond acceptors (Lipinski definition) is 4. The largest absolute Gasteiger partial charge is 0.497 e. The number of carbonyl (C=O) groups is 1. The van der Waals surface area contributed by atoms with Crippen molar-refractivity contribution in [2.24, 2.45) is 5.73 Å². The van der Waals surface area contributed by atoms with Crippen molar-refractivity contribution in [3.05, 3.63) is 24.3 Å². The molecule has 0 unspecified atom stereocenters. The molecule has 1 saturated heterocycles. The standard InChI is InChI=1S/C14H21N3O2/c1-17-8-6-14(7-9-17,13(15)18)16-11-4-3-5-12(10-11)19-2/h3-5,10,16H,6-9H2,1-2H3,(H2,15,18). The maximum atomic E-state index is 11.9. The normalized spacial score (nSPS) is 18.8. The molecule has 1 aliphatic heterocycles. The number of nitrogens with two attached hydrogens (primary N) is 1. The Hall–Kier alpha value is -1.75. The van der Waals surface area contributed by atoms with Gasteiger partial charge in [0, 0.05) is 24.8 Å². The molecular formula is C14H21N3O2. The summed E-state index contributed by atoms with van der Waals surface area (Å²) >= 11 is 0. The Morgan fingerprint density at radius 1 is 1.42 bits per heavy atom. The van der Waals surface area contributed by atoms with E-state index in [0.29, 0.717) is 0 Å². The monoisotopic (exact) mass is 263 g/mol. The molecule has 0 bridgehead atoms. The van der Waals surface area contributed by atoms with Gasteiger partial charge in [-0.25, -0.2) is 0 Å². The van der Waals surface area contributed by atoms with E-state index in [-0.39, 0.29) is 5.91 Å². The van der Waals surface area contributed by atoms with Crippen LogP contribution in [0.5, 0.6) is 5.75 Å². The summed E-state index contributed by atoms with van der Waals surface area (Å²) in [4.78, 5) is 14.1. The van der Waals surface area contributed by atoms with Crippen LogP contribution in [-0.2, 0) is 4.79 Å². The molecule has 0 atom stereocenters. The van der Waals surface area contributed by atoms with Crippen LogP contribution >= 0.6 is 0 Å². The molecule has 5 heteroatoms. The van der Waals surface area contributed by atoms with Crippen LogP contribution in [0, 0.1) is 0 Å². The predicted molar refractivity (Wildman–Crippen MR) is 75.3 cm³/mol. The average Bonchev–Trinajstić information content (AvgIpc) is 2.41. The minimum Gasteiger partial charge on any atom is -0.497 e. The van der Waals surface area contributed by atoms with E-state index >= 15 is 0 Å². The molecule has 1 aromatic rings. The Morgan fingerprint density at radius 3 is 2.68 bits per heavy atom. The van der Waals surface area contributed by atoms with E-state index in [9.17, 15) is 4.79 Å². The Morgan fingerprint density at radius 2 is 2.11 bits per heavy atom. The zero-order valence-electron chi connectivity index (χ0n) is 11.5. The molecule has 2 rings (SSSR count). The van der Waals surface area contributed by atoms with Crippen molar-refractivity contribution in [2.45, 2.75) is 18.4 Å². The minimum absolute atomic E-state index is 0.289. The second-order valence-electron chi connectivity index (χ2n) is 5.11. The molecular weight excluding hydrogens is 242 g/mol.